The van der Waals surface area contributed by atoms with E-state index in [1.807, 2.05) is 56.3 Å². The van der Waals surface area contributed by atoms with Crippen LogP contribution >= 0.6 is 23.1 Å². The minimum absolute atomic E-state index is 0.0587. The molecule has 0 aliphatic heterocycles. The Morgan fingerprint density at radius 2 is 1.96 bits per heavy atom. The molecule has 1 heterocycles. The highest BCUT2D eigenvalue weighted by molar-refractivity contribution is 7.09. The summed E-state index contributed by atoms with van der Waals surface area (Å²) in [5.74, 6) is 1.95. The third-order valence-corrected chi connectivity index (χ3v) is 4.90. The number of nitrogens with zero attached hydrogens (tertiary/aromatic N) is 2. The quantitative estimate of drug-likeness (QED) is 0.446. The Labute approximate surface area is 173 Å². The van der Waals surface area contributed by atoms with Crippen molar-refractivity contribution in [2.45, 2.75) is 20.0 Å². The van der Waals surface area contributed by atoms with Crippen LogP contribution in [-0.4, -0.2) is 29.7 Å². The molecule has 5 nitrogen and oxygen atoms in total. The van der Waals surface area contributed by atoms with E-state index in [-0.39, 0.29) is 6.10 Å². The van der Waals surface area contributed by atoms with Crippen molar-refractivity contribution in [1.29, 1.82) is 0 Å². The molecule has 0 radical (unpaired) electrons. The predicted octanol–water partition coefficient (Wildman–Crippen LogP) is 5.94. The summed E-state index contributed by atoms with van der Waals surface area (Å²) in [7, 11) is 3.23. The first-order chi connectivity index (χ1) is 13.5. The summed E-state index contributed by atoms with van der Waals surface area (Å²) in [6, 6.07) is 11.4. The van der Waals surface area contributed by atoms with Crippen molar-refractivity contribution >= 4 is 29.2 Å². The van der Waals surface area contributed by atoms with Gasteiger partial charge in [0.2, 0.25) is 0 Å². The number of methoxy groups -OCH3 is 2. The van der Waals surface area contributed by atoms with Crippen LogP contribution in [0.1, 0.15) is 19.4 Å². The molecule has 0 bridgehead atoms. The summed E-state index contributed by atoms with van der Waals surface area (Å²) in [6.07, 6.45) is 3.50. The monoisotopic (exact) mass is 416 g/mol. The number of rotatable bonds is 7. The number of aromatic nitrogens is 2. The maximum Gasteiger partial charge on any atom is 0.177 e. The molecule has 0 amide bonds. The normalized spacial score (nSPS) is 11.2. The zero-order chi connectivity index (χ0) is 20.1. The summed E-state index contributed by atoms with van der Waals surface area (Å²) in [4.78, 5) is 4.69. The second-order valence-corrected chi connectivity index (χ2v) is 7.36. The molecule has 0 unspecified atom stereocenters. The molecule has 1 aromatic heterocycles. The summed E-state index contributed by atoms with van der Waals surface area (Å²) >= 11 is 7.67. The van der Waals surface area contributed by atoms with Crippen molar-refractivity contribution in [3.63, 3.8) is 0 Å². The molecular formula is C21H21ClN2O3S. The lowest BCUT2D eigenvalue weighted by Crippen LogP contribution is -2.05. The van der Waals surface area contributed by atoms with E-state index in [0.717, 1.165) is 21.7 Å². The standard InChI is InChI=1S/C21H21ClN2O3S/c1-13(2)27-18-9-8-15(12-17(18)22)21-23-20(24-28-21)16-7-5-6-14(10-11-25-3)19(16)26-4/h5-13H,1-4H3. The van der Waals surface area contributed by atoms with Gasteiger partial charge in [0.15, 0.2) is 5.82 Å². The Hall–Kier alpha value is -2.57. The second kappa shape index (κ2) is 9.08. The molecule has 0 aliphatic carbocycles. The average Bonchev–Trinajstić information content (AvgIpc) is 3.17. The lowest BCUT2D eigenvalue weighted by molar-refractivity contribution is 0.242. The van der Waals surface area contributed by atoms with Crippen molar-refractivity contribution in [2.75, 3.05) is 14.2 Å². The first-order valence-corrected chi connectivity index (χ1v) is 9.85. The van der Waals surface area contributed by atoms with E-state index in [1.165, 1.54) is 11.5 Å². The maximum absolute atomic E-state index is 6.36. The summed E-state index contributed by atoms with van der Waals surface area (Å²) in [5.41, 5.74) is 2.59. The average molecular weight is 417 g/mol. The zero-order valence-corrected chi connectivity index (χ0v) is 17.7. The minimum atomic E-state index is 0.0587. The highest BCUT2D eigenvalue weighted by Gasteiger charge is 2.16. The van der Waals surface area contributed by atoms with Crippen LogP contribution in [0.5, 0.6) is 11.5 Å². The topological polar surface area (TPSA) is 53.5 Å². The van der Waals surface area contributed by atoms with E-state index in [0.29, 0.717) is 22.3 Å². The molecule has 0 aliphatic rings. The third kappa shape index (κ3) is 4.46. The molecule has 0 spiro atoms. The number of halogens is 1. The number of benzene rings is 2. The Balaban J connectivity index is 1.95. The smallest absolute Gasteiger partial charge is 0.177 e. The summed E-state index contributed by atoms with van der Waals surface area (Å²) in [6.45, 7) is 3.93. The van der Waals surface area contributed by atoms with Crippen LogP contribution in [-0.2, 0) is 4.74 Å². The molecule has 0 atom stereocenters. The van der Waals surface area contributed by atoms with Gasteiger partial charge in [-0.3, -0.25) is 0 Å². The van der Waals surface area contributed by atoms with Gasteiger partial charge in [-0.25, -0.2) is 4.98 Å². The van der Waals surface area contributed by atoms with Gasteiger partial charge in [0.1, 0.15) is 16.5 Å². The Bertz CT molecular complexity index is 986. The van der Waals surface area contributed by atoms with Crippen molar-refractivity contribution in [2.24, 2.45) is 0 Å². The van der Waals surface area contributed by atoms with Crippen molar-refractivity contribution in [3.05, 3.63) is 53.2 Å². The third-order valence-electron chi connectivity index (χ3n) is 3.84. The number of hydrogen-bond donors (Lipinski definition) is 0. The van der Waals surface area contributed by atoms with Gasteiger partial charge in [-0.15, -0.1) is 0 Å². The van der Waals surface area contributed by atoms with Gasteiger partial charge in [0.05, 0.1) is 37.2 Å². The van der Waals surface area contributed by atoms with Crippen LogP contribution in [0.2, 0.25) is 5.02 Å². The van der Waals surface area contributed by atoms with E-state index in [1.54, 1.807) is 20.5 Å². The van der Waals surface area contributed by atoms with E-state index < -0.39 is 0 Å². The summed E-state index contributed by atoms with van der Waals surface area (Å²) < 4.78 is 20.8. The number of para-hydroxylation sites is 1. The Morgan fingerprint density at radius 3 is 2.64 bits per heavy atom. The maximum atomic E-state index is 6.36. The SMILES string of the molecule is COC=Cc1cccc(-c2nsc(-c3ccc(OC(C)C)c(Cl)c3)n2)c1OC. The van der Waals surface area contributed by atoms with Crippen LogP contribution in [0.15, 0.2) is 42.7 Å². The van der Waals surface area contributed by atoms with Gasteiger partial charge in [0.25, 0.3) is 0 Å². The van der Waals surface area contributed by atoms with E-state index >= 15 is 0 Å². The lowest BCUT2D eigenvalue weighted by Gasteiger charge is -2.11. The first-order valence-electron chi connectivity index (χ1n) is 8.70. The van der Waals surface area contributed by atoms with Crippen LogP contribution in [0.3, 0.4) is 0 Å². The molecule has 0 saturated carbocycles. The van der Waals surface area contributed by atoms with Crippen molar-refractivity contribution in [3.8, 4) is 33.5 Å². The highest BCUT2D eigenvalue weighted by atomic mass is 35.5. The van der Waals surface area contributed by atoms with Gasteiger partial charge in [-0.2, -0.15) is 4.37 Å². The fourth-order valence-corrected chi connectivity index (χ4v) is 3.56. The van der Waals surface area contributed by atoms with Crippen LogP contribution in [0, 0.1) is 0 Å². The first kappa shape index (κ1) is 20.2. The fraction of sp³-hybridized carbons (Fsp3) is 0.238. The molecule has 0 fully saturated rings. The molecule has 3 aromatic rings. The van der Waals surface area contributed by atoms with E-state index in [4.69, 9.17) is 25.8 Å². The highest BCUT2D eigenvalue weighted by Crippen LogP contribution is 2.36. The summed E-state index contributed by atoms with van der Waals surface area (Å²) in [5, 5.41) is 1.32. The molecule has 146 valence electrons. The molecule has 0 N–H and O–H groups in total. The molecule has 2 aromatic carbocycles. The second-order valence-electron chi connectivity index (χ2n) is 6.20. The molecule has 0 saturated heterocycles. The van der Waals surface area contributed by atoms with Crippen LogP contribution in [0.25, 0.3) is 28.0 Å². The molecule has 3 rings (SSSR count). The van der Waals surface area contributed by atoms with Gasteiger partial charge < -0.3 is 14.2 Å². The predicted molar refractivity (Wildman–Crippen MR) is 114 cm³/mol. The van der Waals surface area contributed by atoms with Gasteiger partial charge in [-0.05, 0) is 55.7 Å². The Kier molecular flexibility index (Phi) is 6.54. The molecule has 7 heteroatoms. The number of ether oxygens (including phenoxy) is 3. The zero-order valence-electron chi connectivity index (χ0n) is 16.1. The van der Waals surface area contributed by atoms with Crippen molar-refractivity contribution < 1.29 is 14.2 Å². The largest absolute Gasteiger partial charge is 0.504 e. The lowest BCUT2D eigenvalue weighted by atomic mass is 10.1. The number of hydrogen-bond acceptors (Lipinski definition) is 6. The van der Waals surface area contributed by atoms with E-state index in [2.05, 4.69) is 9.36 Å². The Morgan fingerprint density at radius 1 is 1.14 bits per heavy atom. The van der Waals surface area contributed by atoms with Crippen LogP contribution in [0.4, 0.5) is 0 Å². The van der Waals surface area contributed by atoms with Gasteiger partial charge in [0, 0.05) is 11.1 Å². The fourth-order valence-electron chi connectivity index (χ4n) is 2.66. The van der Waals surface area contributed by atoms with Crippen molar-refractivity contribution in [1.82, 2.24) is 9.36 Å². The van der Waals surface area contributed by atoms with Gasteiger partial charge >= 0.3 is 0 Å². The molecular weight excluding hydrogens is 396 g/mol. The minimum Gasteiger partial charge on any atom is -0.504 e. The van der Waals surface area contributed by atoms with Crippen LogP contribution < -0.4 is 9.47 Å². The van der Waals surface area contributed by atoms with Gasteiger partial charge in [-0.1, -0.05) is 23.7 Å². The van der Waals surface area contributed by atoms with E-state index in [9.17, 15) is 0 Å². The molecule has 28 heavy (non-hydrogen) atoms.